The lowest BCUT2D eigenvalue weighted by Crippen LogP contribution is -2.07. The van der Waals surface area contributed by atoms with E-state index in [9.17, 15) is 0 Å². The van der Waals surface area contributed by atoms with E-state index < -0.39 is 0 Å². The number of anilines is 2. The maximum absolute atomic E-state index is 5.58. The van der Waals surface area contributed by atoms with Crippen molar-refractivity contribution in [1.82, 2.24) is 15.0 Å². The molecule has 0 aliphatic rings. The Balaban J connectivity index is 1.61. The molecule has 0 spiro atoms. The summed E-state index contributed by atoms with van der Waals surface area (Å²) in [6.45, 7) is 0.775. The van der Waals surface area contributed by atoms with Crippen LogP contribution in [0.4, 0.5) is 11.5 Å². The third-order valence-electron chi connectivity index (χ3n) is 2.89. The number of hydrogen-bond donors (Lipinski definition) is 3. The molecule has 96 valence electrons. The first-order chi connectivity index (χ1) is 9.31. The minimum Gasteiger partial charge on any atom is -0.397 e. The molecule has 19 heavy (non-hydrogen) atoms. The average molecular weight is 253 g/mol. The molecule has 0 saturated heterocycles. The van der Waals surface area contributed by atoms with Crippen LogP contribution >= 0.6 is 0 Å². The van der Waals surface area contributed by atoms with Crippen LogP contribution in [0.2, 0.25) is 0 Å². The number of para-hydroxylation sites is 2. The Morgan fingerprint density at radius 1 is 1.16 bits per heavy atom. The number of nitrogens with two attached hydrogens (primary N) is 1. The van der Waals surface area contributed by atoms with Gasteiger partial charge < -0.3 is 16.0 Å². The van der Waals surface area contributed by atoms with Gasteiger partial charge in [0.25, 0.3) is 0 Å². The van der Waals surface area contributed by atoms with Gasteiger partial charge in [-0.1, -0.05) is 12.1 Å². The van der Waals surface area contributed by atoms with Gasteiger partial charge in [-0.3, -0.25) is 0 Å². The number of H-pyrrole nitrogens is 1. The highest BCUT2D eigenvalue weighted by Gasteiger charge is 2.01. The molecule has 1 aromatic carbocycles. The Labute approximate surface area is 110 Å². The molecule has 3 rings (SSSR count). The molecule has 0 unspecified atom stereocenters. The highest BCUT2D eigenvalue weighted by molar-refractivity contribution is 5.74. The zero-order valence-electron chi connectivity index (χ0n) is 10.4. The van der Waals surface area contributed by atoms with E-state index >= 15 is 0 Å². The van der Waals surface area contributed by atoms with Crippen LogP contribution in [0.5, 0.6) is 0 Å². The van der Waals surface area contributed by atoms with Crippen molar-refractivity contribution in [3.63, 3.8) is 0 Å². The zero-order chi connectivity index (χ0) is 13.1. The minimum atomic E-state index is 0.669. The fourth-order valence-corrected chi connectivity index (χ4v) is 1.94. The smallest absolute Gasteiger partial charge is 0.126 e. The molecular weight excluding hydrogens is 238 g/mol. The van der Waals surface area contributed by atoms with Crippen LogP contribution in [0.15, 0.2) is 42.6 Å². The number of hydrogen-bond acceptors (Lipinski definition) is 4. The normalized spacial score (nSPS) is 10.7. The van der Waals surface area contributed by atoms with Crippen molar-refractivity contribution in [3.05, 3.63) is 48.4 Å². The molecule has 0 saturated carbocycles. The number of nitrogen functional groups attached to an aromatic ring is 1. The van der Waals surface area contributed by atoms with E-state index in [0.717, 1.165) is 35.6 Å². The van der Waals surface area contributed by atoms with E-state index in [2.05, 4.69) is 20.3 Å². The summed E-state index contributed by atoms with van der Waals surface area (Å²) in [7, 11) is 0. The van der Waals surface area contributed by atoms with Crippen molar-refractivity contribution < 1.29 is 0 Å². The standard InChI is InChI=1S/C14H15N5/c15-10-5-6-13(17-9-10)16-8-7-14-18-11-3-1-2-4-12(11)19-14/h1-6,9H,7-8,15H2,(H,16,17)(H,18,19). The predicted octanol–water partition coefficient (Wildman–Crippen LogP) is 2.19. The van der Waals surface area contributed by atoms with E-state index in [1.807, 2.05) is 36.4 Å². The fraction of sp³-hybridized carbons (Fsp3) is 0.143. The predicted molar refractivity (Wildman–Crippen MR) is 76.9 cm³/mol. The summed E-state index contributed by atoms with van der Waals surface area (Å²) in [6, 6.07) is 11.7. The van der Waals surface area contributed by atoms with Crippen molar-refractivity contribution in [3.8, 4) is 0 Å². The molecule has 2 heterocycles. The molecule has 3 aromatic rings. The summed E-state index contributed by atoms with van der Waals surface area (Å²) in [5, 5.41) is 3.24. The molecule has 0 atom stereocenters. The number of aromatic nitrogens is 3. The van der Waals surface area contributed by atoms with E-state index in [0.29, 0.717) is 5.69 Å². The number of nitrogens with zero attached hydrogens (tertiary/aromatic N) is 2. The van der Waals surface area contributed by atoms with Gasteiger partial charge in [0.1, 0.15) is 11.6 Å². The molecule has 5 nitrogen and oxygen atoms in total. The Hall–Kier alpha value is -2.56. The molecule has 5 heteroatoms. The first-order valence-electron chi connectivity index (χ1n) is 6.20. The van der Waals surface area contributed by atoms with E-state index in [1.165, 1.54) is 0 Å². The van der Waals surface area contributed by atoms with Gasteiger partial charge in [-0.05, 0) is 24.3 Å². The quantitative estimate of drug-likeness (QED) is 0.666. The van der Waals surface area contributed by atoms with Gasteiger partial charge >= 0.3 is 0 Å². The van der Waals surface area contributed by atoms with Crippen LogP contribution in [0.25, 0.3) is 11.0 Å². The van der Waals surface area contributed by atoms with E-state index in [1.54, 1.807) is 6.20 Å². The monoisotopic (exact) mass is 253 g/mol. The summed E-state index contributed by atoms with van der Waals surface area (Å²) >= 11 is 0. The Morgan fingerprint density at radius 3 is 2.84 bits per heavy atom. The van der Waals surface area contributed by atoms with Crippen molar-refractivity contribution in [1.29, 1.82) is 0 Å². The summed E-state index contributed by atoms with van der Waals surface area (Å²) in [4.78, 5) is 12.0. The summed E-state index contributed by atoms with van der Waals surface area (Å²) < 4.78 is 0. The third-order valence-corrected chi connectivity index (χ3v) is 2.89. The van der Waals surface area contributed by atoms with Crippen LogP contribution in [0.3, 0.4) is 0 Å². The Morgan fingerprint density at radius 2 is 2.05 bits per heavy atom. The molecule has 0 radical (unpaired) electrons. The lowest BCUT2D eigenvalue weighted by molar-refractivity contribution is 0.929. The number of benzene rings is 1. The highest BCUT2D eigenvalue weighted by atomic mass is 15.0. The average Bonchev–Trinajstić information content (AvgIpc) is 2.83. The molecular formula is C14H15N5. The van der Waals surface area contributed by atoms with Crippen LogP contribution in [0.1, 0.15) is 5.82 Å². The topological polar surface area (TPSA) is 79.6 Å². The molecule has 0 aliphatic carbocycles. The van der Waals surface area contributed by atoms with Crippen molar-refractivity contribution in [2.45, 2.75) is 6.42 Å². The molecule has 2 aromatic heterocycles. The Kier molecular flexibility index (Phi) is 3.02. The fourth-order valence-electron chi connectivity index (χ4n) is 1.94. The van der Waals surface area contributed by atoms with Gasteiger partial charge in [0.2, 0.25) is 0 Å². The van der Waals surface area contributed by atoms with Gasteiger partial charge in [-0.25, -0.2) is 9.97 Å². The second kappa shape index (κ2) is 4.97. The van der Waals surface area contributed by atoms with Gasteiger partial charge in [0, 0.05) is 13.0 Å². The van der Waals surface area contributed by atoms with Crippen molar-refractivity contribution >= 4 is 22.5 Å². The largest absolute Gasteiger partial charge is 0.397 e. The van der Waals surface area contributed by atoms with Crippen molar-refractivity contribution in [2.24, 2.45) is 0 Å². The van der Waals surface area contributed by atoms with Crippen LogP contribution in [0, 0.1) is 0 Å². The second-order valence-electron chi connectivity index (χ2n) is 4.35. The van der Waals surface area contributed by atoms with Crippen LogP contribution in [-0.2, 0) is 6.42 Å². The SMILES string of the molecule is Nc1ccc(NCCc2nc3ccccc3[nH]2)nc1. The number of aromatic amines is 1. The molecule has 0 aliphatic heterocycles. The van der Waals surface area contributed by atoms with E-state index in [-0.39, 0.29) is 0 Å². The number of pyridine rings is 1. The number of imidazole rings is 1. The second-order valence-corrected chi connectivity index (χ2v) is 4.35. The Bertz CT molecular complexity index is 639. The summed E-state index contributed by atoms with van der Waals surface area (Å²) in [6.07, 6.45) is 2.46. The minimum absolute atomic E-state index is 0.669. The number of nitrogens with one attached hydrogen (secondary N) is 2. The third kappa shape index (κ3) is 2.65. The number of fused-ring (bicyclic) bond motifs is 1. The van der Waals surface area contributed by atoms with Crippen molar-refractivity contribution in [2.75, 3.05) is 17.6 Å². The first-order valence-corrected chi connectivity index (χ1v) is 6.20. The van der Waals surface area contributed by atoms with Gasteiger partial charge in [-0.15, -0.1) is 0 Å². The van der Waals surface area contributed by atoms with Gasteiger partial charge in [0.05, 0.1) is 22.9 Å². The maximum atomic E-state index is 5.58. The number of rotatable bonds is 4. The maximum Gasteiger partial charge on any atom is 0.126 e. The summed E-state index contributed by atoms with van der Waals surface area (Å²) in [5.74, 6) is 1.80. The lowest BCUT2D eigenvalue weighted by atomic mass is 10.3. The van der Waals surface area contributed by atoms with Gasteiger partial charge in [0.15, 0.2) is 0 Å². The van der Waals surface area contributed by atoms with Crippen LogP contribution in [-0.4, -0.2) is 21.5 Å². The first kappa shape index (κ1) is 11.5. The molecule has 0 amide bonds. The van der Waals surface area contributed by atoms with E-state index in [4.69, 9.17) is 5.73 Å². The lowest BCUT2D eigenvalue weighted by Gasteiger charge is -2.03. The molecule has 4 N–H and O–H groups in total. The molecule has 0 bridgehead atoms. The zero-order valence-corrected chi connectivity index (χ0v) is 10.4. The van der Waals surface area contributed by atoms with Gasteiger partial charge in [-0.2, -0.15) is 0 Å². The van der Waals surface area contributed by atoms with Crippen LogP contribution < -0.4 is 11.1 Å². The summed E-state index contributed by atoms with van der Waals surface area (Å²) in [5.41, 5.74) is 8.33. The highest BCUT2D eigenvalue weighted by Crippen LogP contribution is 2.11. The molecule has 0 fully saturated rings.